The largest absolute Gasteiger partial charge is 0.394 e. The van der Waals surface area contributed by atoms with Gasteiger partial charge in [-0.3, -0.25) is 38.4 Å². The number of benzene rings is 3. The lowest BCUT2D eigenvalue weighted by Gasteiger charge is -2.29. The number of hydrogen-bond acceptors (Lipinski definition) is 14. The number of hydrogen-bond donors (Lipinski definition) is 13. The van der Waals surface area contributed by atoms with Crippen LogP contribution in [0, 0.1) is 0 Å². The number of unbranched alkanes of at least 4 members (excludes halogenated alkanes) is 1. The number of carbonyl (C=O) groups excluding carboxylic acids is 8. The minimum Gasteiger partial charge on any atom is -0.394 e. The Balaban J connectivity index is 1.59. The Morgan fingerprint density at radius 3 is 1.93 bits per heavy atom. The summed E-state index contributed by atoms with van der Waals surface area (Å²) >= 11 is 0. The van der Waals surface area contributed by atoms with Crippen molar-refractivity contribution in [1.82, 2.24) is 47.5 Å². The Bertz CT molecular complexity index is 2520. The second-order valence-electron chi connectivity index (χ2n) is 18.1. The first-order chi connectivity index (χ1) is 35.5. The van der Waals surface area contributed by atoms with E-state index in [1.165, 1.54) is 20.8 Å². The van der Waals surface area contributed by atoms with Crippen molar-refractivity contribution in [3.63, 3.8) is 0 Å². The van der Waals surface area contributed by atoms with Crippen molar-refractivity contribution in [3.05, 3.63) is 108 Å². The van der Waals surface area contributed by atoms with E-state index < -0.39 is 114 Å². The van der Waals surface area contributed by atoms with E-state index in [4.69, 9.17) is 5.73 Å². The number of rotatable bonds is 18. The molecule has 0 radical (unpaired) electrons. The molecule has 1 aliphatic heterocycles. The van der Waals surface area contributed by atoms with Gasteiger partial charge in [0, 0.05) is 54.8 Å². The van der Waals surface area contributed by atoms with Crippen LogP contribution < -0.4 is 48.3 Å². The molecule has 1 saturated heterocycles. The summed E-state index contributed by atoms with van der Waals surface area (Å²) in [4.78, 5) is 116. The lowest BCUT2D eigenvalue weighted by Crippen LogP contribution is -2.62. The molecule has 3 aromatic carbocycles. The quantitative estimate of drug-likeness (QED) is 0.0436. The lowest BCUT2D eigenvalue weighted by atomic mass is 10.0. The number of fused-ring (bicyclic) bond motifs is 1. The van der Waals surface area contributed by atoms with Gasteiger partial charge in [-0.1, -0.05) is 100 Å². The molecule has 400 valence electrons. The Labute approximate surface area is 437 Å². The maximum absolute atomic E-state index is 14.8. The van der Waals surface area contributed by atoms with Gasteiger partial charge in [0.05, 0.1) is 24.9 Å². The SMILES string of the molecule is CC(=O)N[C@H](Cc1ccccc1)C(=O)N[C@@H]1CSSC[C@@H](C(=O)N[C@H](CO)[C@@H](C)O)NC(=O)[C@H]([C@@H](C)O)NC(=O)[C@H](CCCCN)NC(=O)[C@@H](Cc2c[nH]c3ccccc23)NC(=O)[C@H](Cc2ccccc2)NC1=O. The molecule has 0 spiro atoms. The normalized spacial score (nSPS) is 22.3. The molecule has 0 bridgehead atoms. The monoisotopic (exact) mass is 1060 g/mol. The highest BCUT2D eigenvalue weighted by Gasteiger charge is 2.37. The van der Waals surface area contributed by atoms with Gasteiger partial charge in [0.2, 0.25) is 47.3 Å². The van der Waals surface area contributed by atoms with Gasteiger partial charge in [-0.25, -0.2) is 0 Å². The predicted octanol–water partition coefficient (Wildman–Crippen LogP) is -0.628. The molecule has 0 saturated carbocycles. The Morgan fingerprint density at radius 2 is 1.30 bits per heavy atom. The van der Waals surface area contributed by atoms with E-state index in [0.717, 1.165) is 32.5 Å². The number of para-hydroxylation sites is 1. The first-order valence-electron chi connectivity index (χ1n) is 24.4. The number of amides is 8. The summed E-state index contributed by atoms with van der Waals surface area (Å²) in [5.41, 5.74) is 8.52. The summed E-state index contributed by atoms with van der Waals surface area (Å²) in [6.07, 6.45) is -0.381. The van der Waals surface area contributed by atoms with Gasteiger partial charge in [0.1, 0.15) is 42.3 Å². The number of nitrogens with two attached hydrogens (primary N) is 1. The van der Waals surface area contributed by atoms with Gasteiger partial charge in [0.25, 0.3) is 0 Å². The Morgan fingerprint density at radius 1 is 0.703 bits per heavy atom. The summed E-state index contributed by atoms with van der Waals surface area (Å²) in [5.74, 6) is -6.82. The van der Waals surface area contributed by atoms with Crippen molar-refractivity contribution in [3.8, 4) is 0 Å². The smallest absolute Gasteiger partial charge is 0.245 e. The van der Waals surface area contributed by atoms with Gasteiger partial charge in [-0.2, -0.15) is 0 Å². The van der Waals surface area contributed by atoms with E-state index in [1.54, 1.807) is 66.9 Å². The van der Waals surface area contributed by atoms with Crippen molar-refractivity contribution >= 4 is 79.7 Å². The zero-order valence-electron chi connectivity index (χ0n) is 41.5. The Hall–Kier alpha value is -6.50. The molecule has 14 N–H and O–H groups in total. The van der Waals surface area contributed by atoms with Gasteiger partial charge >= 0.3 is 0 Å². The predicted molar refractivity (Wildman–Crippen MR) is 282 cm³/mol. The van der Waals surface area contributed by atoms with Crippen molar-refractivity contribution in [1.29, 1.82) is 0 Å². The molecule has 8 amide bonds. The van der Waals surface area contributed by atoms with Crippen molar-refractivity contribution in [2.45, 2.75) is 120 Å². The molecule has 1 aliphatic rings. The summed E-state index contributed by atoms with van der Waals surface area (Å²) < 4.78 is 0. The van der Waals surface area contributed by atoms with Gasteiger partial charge in [-0.05, 0) is 62.4 Å². The number of carbonyl (C=O) groups is 8. The fourth-order valence-electron chi connectivity index (χ4n) is 8.06. The second-order valence-corrected chi connectivity index (χ2v) is 20.7. The summed E-state index contributed by atoms with van der Waals surface area (Å²) in [6.45, 7) is 3.43. The molecule has 5 rings (SSSR count). The van der Waals surface area contributed by atoms with Crippen LogP contribution in [-0.2, 0) is 57.6 Å². The molecular formula is C51H68N10O11S2. The number of H-pyrrole nitrogens is 1. The molecule has 4 aromatic rings. The van der Waals surface area contributed by atoms with E-state index in [9.17, 15) is 53.7 Å². The van der Waals surface area contributed by atoms with Crippen LogP contribution in [-0.4, -0.2) is 153 Å². The molecule has 23 heteroatoms. The van der Waals surface area contributed by atoms with E-state index in [2.05, 4.69) is 47.5 Å². The highest BCUT2D eigenvalue weighted by Crippen LogP contribution is 2.24. The summed E-state index contributed by atoms with van der Waals surface area (Å²) in [5, 5.41) is 53.2. The van der Waals surface area contributed by atoms with Crippen LogP contribution >= 0.6 is 21.6 Å². The second kappa shape index (κ2) is 29.4. The summed E-state index contributed by atoms with van der Waals surface area (Å²) in [6, 6.07) is 14.1. The third kappa shape index (κ3) is 17.9. The standard InChI is InChI=1S/C51H68N10O11S2/c1-29(63)41(26-62)58-50(71)43-28-74-73-27-42(59-46(67)38(54-31(3)65)22-32-14-6-4-7-15-32)49(70)56-39(23-33-16-8-5-9-17-33)47(68)57-40(24-34-25-53-36-19-11-10-18-35(34)36)48(69)55-37(20-12-13-21-52)45(66)61-44(30(2)64)51(72)60-43/h4-11,14-19,25,29-30,37-44,53,62-64H,12-13,20-24,26-28,52H2,1-3H3,(H,54,65)(H,55,69)(H,56,70)(H,57,68)(H,58,71)(H,59,67)(H,60,72)(H,61,66)/t29-,30-,37+,38-,39+,40-,41-,42-,43+,44+/m1/s1. The fourth-order valence-corrected chi connectivity index (χ4v) is 10.4. The number of aliphatic hydroxyl groups is 3. The molecule has 0 unspecified atom stereocenters. The van der Waals surface area contributed by atoms with E-state index in [-0.39, 0.29) is 43.7 Å². The molecule has 1 aromatic heterocycles. The number of nitrogens with one attached hydrogen (secondary N) is 9. The molecule has 74 heavy (non-hydrogen) atoms. The van der Waals surface area contributed by atoms with Crippen LogP contribution in [0.15, 0.2) is 91.1 Å². The number of aromatic amines is 1. The Kier molecular flexibility index (Phi) is 23.2. The summed E-state index contributed by atoms with van der Waals surface area (Å²) in [7, 11) is 2.00. The molecule has 0 aliphatic carbocycles. The molecule has 1 fully saturated rings. The van der Waals surface area contributed by atoms with E-state index >= 15 is 0 Å². The lowest BCUT2D eigenvalue weighted by molar-refractivity contribution is -0.136. The highest BCUT2D eigenvalue weighted by atomic mass is 33.1. The topological polar surface area (TPSA) is 335 Å². The minimum atomic E-state index is -1.68. The minimum absolute atomic E-state index is 0.0192. The van der Waals surface area contributed by atoms with Crippen LogP contribution in [0.25, 0.3) is 10.9 Å². The third-order valence-electron chi connectivity index (χ3n) is 12.2. The van der Waals surface area contributed by atoms with Crippen LogP contribution in [0.4, 0.5) is 0 Å². The molecular weight excluding hydrogens is 993 g/mol. The van der Waals surface area contributed by atoms with Crippen molar-refractivity contribution in [2.24, 2.45) is 5.73 Å². The first kappa shape index (κ1) is 58.4. The number of aliphatic hydroxyl groups excluding tert-OH is 3. The maximum atomic E-state index is 14.8. The van der Waals surface area contributed by atoms with Gasteiger partial charge in [-0.15, -0.1) is 0 Å². The van der Waals surface area contributed by atoms with Crippen molar-refractivity contribution in [2.75, 3.05) is 24.7 Å². The first-order valence-corrected chi connectivity index (χ1v) is 26.9. The van der Waals surface area contributed by atoms with Crippen LogP contribution in [0.1, 0.15) is 56.7 Å². The maximum Gasteiger partial charge on any atom is 0.245 e. The van der Waals surface area contributed by atoms with Crippen LogP contribution in [0.3, 0.4) is 0 Å². The van der Waals surface area contributed by atoms with E-state index in [0.29, 0.717) is 29.5 Å². The highest BCUT2D eigenvalue weighted by molar-refractivity contribution is 8.76. The third-order valence-corrected chi connectivity index (χ3v) is 14.6. The average Bonchev–Trinajstić information content (AvgIpc) is 3.78. The zero-order valence-corrected chi connectivity index (χ0v) is 43.1. The fraction of sp³-hybridized carbons (Fsp3) is 0.451. The molecule has 21 nitrogen and oxygen atoms in total. The average molecular weight is 1060 g/mol. The zero-order chi connectivity index (χ0) is 53.7. The number of aromatic nitrogens is 1. The van der Waals surface area contributed by atoms with Crippen molar-refractivity contribution < 1.29 is 53.7 Å². The molecule has 10 atom stereocenters. The molecule has 2 heterocycles. The van der Waals surface area contributed by atoms with E-state index in [1.807, 2.05) is 24.3 Å². The van der Waals surface area contributed by atoms with Crippen LogP contribution in [0.5, 0.6) is 0 Å². The van der Waals surface area contributed by atoms with Gasteiger partial charge < -0.3 is 68.6 Å². The van der Waals surface area contributed by atoms with Crippen LogP contribution in [0.2, 0.25) is 0 Å². The van der Waals surface area contributed by atoms with Gasteiger partial charge in [0.15, 0.2) is 0 Å².